The number of aromatic hydroxyl groups is 1. The fraction of sp³-hybridized carbons (Fsp3) is 0.786. The lowest BCUT2D eigenvalue weighted by molar-refractivity contribution is -0.00927. The van der Waals surface area contributed by atoms with E-state index in [1.165, 1.54) is 77.0 Å². The largest absolute Gasteiger partial charge is 0.508 e. The lowest BCUT2D eigenvalue weighted by Gasteiger charge is -2.59. The van der Waals surface area contributed by atoms with Gasteiger partial charge in [0.2, 0.25) is 0 Å². The van der Waals surface area contributed by atoms with Crippen LogP contribution in [-0.2, 0) is 17.3 Å². The number of phenolic OH excluding ortho intramolecular Hbond substituents is 1. The summed E-state index contributed by atoms with van der Waals surface area (Å²) < 4.78 is 0. The van der Waals surface area contributed by atoms with Gasteiger partial charge in [-0.05, 0) is 159 Å². The third-order valence-corrected chi connectivity index (χ3v) is 10.8. The Balaban J connectivity index is 1.38. The van der Waals surface area contributed by atoms with Gasteiger partial charge in [-0.15, -0.1) is 0 Å². The third-order valence-electron chi connectivity index (χ3n) is 10.8. The second kappa shape index (κ2) is 5.83. The maximum absolute atomic E-state index is 11.0. The van der Waals surface area contributed by atoms with Crippen molar-refractivity contribution in [3.63, 3.8) is 0 Å². The average Bonchev–Trinajstić information content (AvgIpc) is 2.65. The van der Waals surface area contributed by atoms with Gasteiger partial charge in [0.15, 0.2) is 0 Å². The van der Waals surface area contributed by atoms with Gasteiger partial charge in [0.25, 0.3) is 0 Å². The molecule has 1 aromatic rings. The number of hydrogen-bond acceptors (Lipinski definition) is 1. The average molecular weight is 391 g/mol. The van der Waals surface area contributed by atoms with Gasteiger partial charge in [0, 0.05) is 0 Å². The molecule has 0 atom stereocenters. The molecule has 29 heavy (non-hydrogen) atoms. The van der Waals surface area contributed by atoms with Gasteiger partial charge in [-0.2, -0.15) is 0 Å². The predicted molar refractivity (Wildman–Crippen MR) is 117 cm³/mol. The van der Waals surface area contributed by atoms with Crippen LogP contribution in [0, 0.1) is 35.5 Å². The van der Waals surface area contributed by atoms with E-state index in [1.54, 1.807) is 16.7 Å². The molecule has 8 bridgehead atoms. The fourth-order valence-electron chi connectivity index (χ4n) is 10.9. The zero-order valence-corrected chi connectivity index (χ0v) is 18.3. The molecule has 156 valence electrons. The van der Waals surface area contributed by atoms with Crippen LogP contribution < -0.4 is 0 Å². The summed E-state index contributed by atoms with van der Waals surface area (Å²) in [6.07, 6.45) is 18.6. The van der Waals surface area contributed by atoms with Crippen LogP contribution in [0.5, 0.6) is 5.75 Å². The van der Waals surface area contributed by atoms with E-state index in [0.717, 1.165) is 41.9 Å². The Morgan fingerprint density at radius 3 is 1.24 bits per heavy atom. The molecule has 0 spiro atoms. The highest BCUT2D eigenvalue weighted by atomic mass is 16.3. The van der Waals surface area contributed by atoms with Crippen molar-refractivity contribution in [2.45, 2.75) is 101 Å². The Kier molecular flexibility index (Phi) is 3.55. The molecule has 0 aliphatic heterocycles. The van der Waals surface area contributed by atoms with Crippen LogP contribution in [0.3, 0.4) is 0 Å². The van der Waals surface area contributed by atoms with E-state index in [-0.39, 0.29) is 0 Å². The van der Waals surface area contributed by atoms with Gasteiger partial charge in [-0.3, -0.25) is 0 Å². The molecule has 8 saturated carbocycles. The molecular formula is C28H38O. The maximum Gasteiger partial charge on any atom is 0.116 e. The molecule has 0 unspecified atom stereocenters. The molecule has 0 radical (unpaired) electrons. The molecular weight excluding hydrogens is 352 g/mol. The summed E-state index contributed by atoms with van der Waals surface area (Å²) >= 11 is 0. The zero-order valence-electron chi connectivity index (χ0n) is 18.3. The van der Waals surface area contributed by atoms with Gasteiger partial charge in [0.1, 0.15) is 5.75 Å². The molecule has 0 aromatic heterocycles. The number of hydrogen-bond donors (Lipinski definition) is 1. The van der Waals surface area contributed by atoms with Crippen molar-refractivity contribution in [3.8, 4) is 5.75 Å². The first-order chi connectivity index (χ1) is 14.0. The van der Waals surface area contributed by atoms with E-state index >= 15 is 0 Å². The van der Waals surface area contributed by atoms with E-state index in [9.17, 15) is 5.11 Å². The molecule has 1 aromatic carbocycles. The van der Waals surface area contributed by atoms with Crippen LogP contribution in [0.1, 0.15) is 101 Å². The van der Waals surface area contributed by atoms with Crippen molar-refractivity contribution in [2.24, 2.45) is 35.5 Å². The molecule has 8 fully saturated rings. The standard InChI is InChI=1S/C28H38O/c1-2-24-25(27-11-17-3-18(12-27)5-19(4-17)13-27)9-23(29)10-26(24)28-14-20-6-21(15-28)8-22(7-20)16-28/h9-10,17-22,29H,2-8,11-16H2,1H3. The minimum atomic E-state index is 0.399. The van der Waals surface area contributed by atoms with E-state index in [4.69, 9.17) is 0 Å². The van der Waals surface area contributed by atoms with Gasteiger partial charge in [-0.1, -0.05) is 6.92 Å². The van der Waals surface area contributed by atoms with Gasteiger partial charge in [-0.25, -0.2) is 0 Å². The highest BCUT2D eigenvalue weighted by Gasteiger charge is 2.55. The van der Waals surface area contributed by atoms with Crippen molar-refractivity contribution in [1.82, 2.24) is 0 Å². The van der Waals surface area contributed by atoms with Crippen LogP contribution in [-0.4, -0.2) is 5.11 Å². The SMILES string of the molecule is CCc1c(C23CC4CC(CC(C4)C2)C3)cc(O)cc1C12CC3CC(CC(C3)C1)C2. The Bertz CT molecular complexity index is 712. The minimum absolute atomic E-state index is 0.399. The van der Waals surface area contributed by atoms with Crippen molar-refractivity contribution in [3.05, 3.63) is 28.8 Å². The summed E-state index contributed by atoms with van der Waals surface area (Å²) in [6, 6.07) is 4.49. The van der Waals surface area contributed by atoms with E-state index in [1.807, 2.05) is 0 Å². The van der Waals surface area contributed by atoms with Crippen molar-refractivity contribution in [2.75, 3.05) is 0 Å². The smallest absolute Gasteiger partial charge is 0.116 e. The lowest BCUT2D eigenvalue weighted by Crippen LogP contribution is -2.50. The first-order valence-electron chi connectivity index (χ1n) is 12.9. The summed E-state index contributed by atoms with van der Waals surface area (Å²) in [5.74, 6) is 6.39. The molecule has 0 amide bonds. The van der Waals surface area contributed by atoms with Crippen molar-refractivity contribution >= 4 is 0 Å². The Morgan fingerprint density at radius 2 is 0.966 bits per heavy atom. The summed E-state index contributed by atoms with van der Waals surface area (Å²) in [5, 5.41) is 11.0. The first kappa shape index (κ1) is 17.7. The molecule has 1 nitrogen and oxygen atoms in total. The first-order valence-corrected chi connectivity index (χ1v) is 12.9. The minimum Gasteiger partial charge on any atom is -0.508 e. The van der Waals surface area contributed by atoms with Crippen LogP contribution >= 0.6 is 0 Å². The van der Waals surface area contributed by atoms with Crippen LogP contribution in [0.25, 0.3) is 0 Å². The summed E-state index contributed by atoms with van der Waals surface area (Å²) in [7, 11) is 0. The Hall–Kier alpha value is -0.980. The maximum atomic E-state index is 11.0. The molecule has 8 aliphatic rings. The van der Waals surface area contributed by atoms with E-state index in [2.05, 4.69) is 19.1 Å². The van der Waals surface area contributed by atoms with Crippen LogP contribution in [0.2, 0.25) is 0 Å². The van der Waals surface area contributed by atoms with Gasteiger partial charge in [0.05, 0.1) is 0 Å². The zero-order chi connectivity index (χ0) is 19.4. The molecule has 0 saturated heterocycles. The highest BCUT2D eigenvalue weighted by Crippen LogP contribution is 2.64. The Labute approximate surface area is 176 Å². The molecule has 8 aliphatic carbocycles. The summed E-state index contributed by atoms with van der Waals surface area (Å²) in [6.45, 7) is 2.40. The van der Waals surface area contributed by atoms with E-state index in [0.29, 0.717) is 16.6 Å². The van der Waals surface area contributed by atoms with Crippen molar-refractivity contribution < 1.29 is 5.11 Å². The second-order valence-corrected chi connectivity index (χ2v) is 12.8. The van der Waals surface area contributed by atoms with E-state index < -0.39 is 0 Å². The fourth-order valence-corrected chi connectivity index (χ4v) is 10.9. The summed E-state index contributed by atoms with van der Waals surface area (Å²) in [4.78, 5) is 0. The Morgan fingerprint density at radius 1 is 0.655 bits per heavy atom. The topological polar surface area (TPSA) is 20.2 Å². The molecule has 0 heterocycles. The third kappa shape index (κ3) is 2.45. The number of benzene rings is 1. The van der Waals surface area contributed by atoms with Crippen LogP contribution in [0.15, 0.2) is 12.1 Å². The van der Waals surface area contributed by atoms with Crippen molar-refractivity contribution in [1.29, 1.82) is 0 Å². The highest BCUT2D eigenvalue weighted by molar-refractivity contribution is 5.50. The van der Waals surface area contributed by atoms with Gasteiger partial charge >= 0.3 is 0 Å². The molecule has 9 rings (SSSR count). The predicted octanol–water partition coefficient (Wildman–Crippen LogP) is 6.89. The molecule has 1 N–H and O–H groups in total. The monoisotopic (exact) mass is 390 g/mol. The molecule has 1 heteroatoms. The normalized spacial score (nSPS) is 49.1. The lowest BCUT2D eigenvalue weighted by atomic mass is 9.45. The van der Waals surface area contributed by atoms with Crippen LogP contribution in [0.4, 0.5) is 0 Å². The summed E-state index contributed by atoms with van der Waals surface area (Å²) in [5.41, 5.74) is 5.72. The second-order valence-electron chi connectivity index (χ2n) is 12.8. The number of phenols is 1. The number of rotatable bonds is 3. The quantitative estimate of drug-likeness (QED) is 0.596. The van der Waals surface area contributed by atoms with Gasteiger partial charge < -0.3 is 5.11 Å².